The van der Waals surface area contributed by atoms with E-state index in [1.807, 2.05) is 7.05 Å². The largest absolute Gasteiger partial charge is 0.313 e. The minimum Gasteiger partial charge on any atom is -0.313 e. The molecule has 1 aromatic heterocycles. The summed E-state index contributed by atoms with van der Waals surface area (Å²) in [4.78, 5) is 0. The summed E-state index contributed by atoms with van der Waals surface area (Å²) in [7, 11) is 2.02. The fourth-order valence-electron chi connectivity index (χ4n) is 2.61. The molecule has 17 heavy (non-hydrogen) atoms. The predicted octanol–water partition coefficient (Wildman–Crippen LogP) is 2.59. The van der Waals surface area contributed by atoms with Gasteiger partial charge in [0, 0.05) is 22.9 Å². The zero-order chi connectivity index (χ0) is 11.8. The minimum absolute atomic E-state index is 0.444. The number of fused-ring (bicyclic) bond motifs is 1. The maximum Gasteiger partial charge on any atom is 0.0971 e. The lowest BCUT2D eigenvalue weighted by atomic mass is 10.0. The van der Waals surface area contributed by atoms with Gasteiger partial charge in [0.25, 0.3) is 0 Å². The first-order valence-corrected chi connectivity index (χ1v) is 6.11. The summed E-state index contributed by atoms with van der Waals surface area (Å²) in [5.41, 5.74) is 6.24. The van der Waals surface area contributed by atoms with E-state index in [4.69, 9.17) is 0 Å². The molecule has 0 fully saturated rings. The van der Waals surface area contributed by atoms with Crippen LogP contribution in [0.5, 0.6) is 0 Å². The molecule has 3 heteroatoms. The van der Waals surface area contributed by atoms with E-state index in [0.717, 1.165) is 12.1 Å². The molecule has 1 aliphatic carbocycles. The van der Waals surface area contributed by atoms with E-state index >= 15 is 0 Å². The van der Waals surface area contributed by atoms with Gasteiger partial charge in [-0.3, -0.25) is 5.10 Å². The highest BCUT2D eigenvalue weighted by atomic mass is 15.1. The molecule has 88 valence electrons. The Balaban J connectivity index is 2.07. The third kappa shape index (κ3) is 1.67. The number of H-pyrrole nitrogens is 1. The van der Waals surface area contributed by atoms with Crippen LogP contribution in [-0.2, 0) is 6.42 Å². The van der Waals surface area contributed by atoms with Gasteiger partial charge in [-0.05, 0) is 26.8 Å². The molecule has 1 aromatic carbocycles. The molecular formula is C14H17N3. The van der Waals surface area contributed by atoms with E-state index in [9.17, 15) is 0 Å². The van der Waals surface area contributed by atoms with Gasteiger partial charge >= 0.3 is 0 Å². The second kappa shape index (κ2) is 4.00. The average Bonchev–Trinajstić information content (AvgIpc) is 2.91. The fourth-order valence-corrected chi connectivity index (χ4v) is 2.61. The van der Waals surface area contributed by atoms with Crippen LogP contribution in [0.4, 0.5) is 0 Å². The summed E-state index contributed by atoms with van der Waals surface area (Å²) in [5, 5.41) is 11.0. The highest BCUT2D eigenvalue weighted by Crippen LogP contribution is 2.36. The normalized spacial score (nSPS) is 18.4. The van der Waals surface area contributed by atoms with E-state index in [-0.39, 0.29) is 0 Å². The Morgan fingerprint density at radius 1 is 1.29 bits per heavy atom. The van der Waals surface area contributed by atoms with E-state index in [0.29, 0.717) is 6.04 Å². The van der Waals surface area contributed by atoms with Crippen molar-refractivity contribution in [1.82, 2.24) is 15.5 Å². The molecule has 1 atom stereocenters. The van der Waals surface area contributed by atoms with Crippen LogP contribution in [0.1, 0.15) is 29.3 Å². The van der Waals surface area contributed by atoms with Crippen molar-refractivity contribution in [2.75, 3.05) is 7.05 Å². The third-order valence-electron chi connectivity index (χ3n) is 3.59. The molecule has 0 radical (unpaired) electrons. The first-order valence-electron chi connectivity index (χ1n) is 6.11. The Morgan fingerprint density at radius 3 is 2.76 bits per heavy atom. The molecule has 2 N–H and O–H groups in total. The van der Waals surface area contributed by atoms with Gasteiger partial charge < -0.3 is 5.32 Å². The van der Waals surface area contributed by atoms with Gasteiger partial charge in [0.05, 0.1) is 5.69 Å². The number of aromatic nitrogens is 2. The Hall–Kier alpha value is -1.61. The quantitative estimate of drug-likeness (QED) is 0.828. The molecule has 1 heterocycles. The van der Waals surface area contributed by atoms with Crippen LogP contribution in [0.2, 0.25) is 0 Å². The maximum absolute atomic E-state index is 4.47. The predicted molar refractivity (Wildman–Crippen MR) is 68.9 cm³/mol. The number of rotatable bonds is 2. The Morgan fingerprint density at radius 2 is 2.06 bits per heavy atom. The van der Waals surface area contributed by atoms with Gasteiger partial charge in [-0.15, -0.1) is 0 Å². The van der Waals surface area contributed by atoms with Crippen molar-refractivity contribution in [2.24, 2.45) is 0 Å². The number of aromatic amines is 1. The van der Waals surface area contributed by atoms with Crippen molar-refractivity contribution in [1.29, 1.82) is 0 Å². The molecule has 3 rings (SSSR count). The number of aryl methyl sites for hydroxylation is 2. The van der Waals surface area contributed by atoms with Crippen LogP contribution < -0.4 is 5.32 Å². The lowest BCUT2D eigenvalue weighted by Crippen LogP contribution is -2.13. The molecule has 0 bridgehead atoms. The number of hydrogen-bond acceptors (Lipinski definition) is 2. The minimum atomic E-state index is 0.444. The van der Waals surface area contributed by atoms with Crippen LogP contribution in [0.15, 0.2) is 24.3 Å². The topological polar surface area (TPSA) is 40.7 Å². The van der Waals surface area contributed by atoms with Crippen molar-refractivity contribution in [2.45, 2.75) is 25.8 Å². The van der Waals surface area contributed by atoms with Crippen LogP contribution in [0.25, 0.3) is 11.3 Å². The zero-order valence-electron chi connectivity index (χ0n) is 10.2. The van der Waals surface area contributed by atoms with Gasteiger partial charge in [0.2, 0.25) is 0 Å². The van der Waals surface area contributed by atoms with Gasteiger partial charge in [0.1, 0.15) is 0 Å². The standard InChI is InChI=1S/C14H17N3/c1-9-3-5-10(6-4-9)14-13-11(15-2)7-8-12(13)16-17-14/h3-6,11,15H,7-8H2,1-2H3,(H,16,17). The second-order valence-corrected chi connectivity index (χ2v) is 4.71. The van der Waals surface area contributed by atoms with Crippen LogP contribution >= 0.6 is 0 Å². The van der Waals surface area contributed by atoms with Crippen molar-refractivity contribution in [3.63, 3.8) is 0 Å². The lowest BCUT2D eigenvalue weighted by molar-refractivity contribution is 0.588. The van der Waals surface area contributed by atoms with E-state index in [1.165, 1.54) is 28.8 Å². The van der Waals surface area contributed by atoms with Crippen molar-refractivity contribution in [3.8, 4) is 11.3 Å². The highest BCUT2D eigenvalue weighted by molar-refractivity contribution is 5.66. The number of hydrogen-bond donors (Lipinski definition) is 2. The van der Waals surface area contributed by atoms with Crippen molar-refractivity contribution >= 4 is 0 Å². The first-order chi connectivity index (χ1) is 8.29. The number of nitrogens with one attached hydrogen (secondary N) is 2. The second-order valence-electron chi connectivity index (χ2n) is 4.71. The molecule has 0 amide bonds. The van der Waals surface area contributed by atoms with Crippen molar-refractivity contribution in [3.05, 3.63) is 41.1 Å². The van der Waals surface area contributed by atoms with E-state index in [2.05, 4.69) is 46.7 Å². The summed E-state index contributed by atoms with van der Waals surface area (Å²) in [5.74, 6) is 0. The highest BCUT2D eigenvalue weighted by Gasteiger charge is 2.27. The van der Waals surface area contributed by atoms with E-state index in [1.54, 1.807) is 0 Å². The molecular weight excluding hydrogens is 210 g/mol. The van der Waals surface area contributed by atoms with Gasteiger partial charge in [-0.25, -0.2) is 0 Å². The molecule has 2 aromatic rings. The molecule has 0 saturated heterocycles. The zero-order valence-corrected chi connectivity index (χ0v) is 10.2. The molecule has 0 saturated carbocycles. The SMILES string of the molecule is CNC1CCc2[nH]nc(-c3ccc(C)cc3)c21. The number of nitrogens with zero attached hydrogens (tertiary/aromatic N) is 1. The third-order valence-corrected chi connectivity index (χ3v) is 3.59. The molecule has 0 aliphatic heterocycles. The summed E-state index contributed by atoms with van der Waals surface area (Å²) in [6.45, 7) is 2.11. The summed E-state index contributed by atoms with van der Waals surface area (Å²) in [6.07, 6.45) is 2.26. The molecule has 1 unspecified atom stereocenters. The van der Waals surface area contributed by atoms with Gasteiger partial charge in [0.15, 0.2) is 0 Å². The molecule has 0 spiro atoms. The maximum atomic E-state index is 4.47. The number of benzene rings is 1. The van der Waals surface area contributed by atoms with Crippen LogP contribution in [0.3, 0.4) is 0 Å². The van der Waals surface area contributed by atoms with Crippen molar-refractivity contribution < 1.29 is 0 Å². The Kier molecular flexibility index (Phi) is 2.48. The van der Waals surface area contributed by atoms with E-state index < -0.39 is 0 Å². The molecule has 3 nitrogen and oxygen atoms in total. The average molecular weight is 227 g/mol. The van der Waals surface area contributed by atoms with Crippen LogP contribution in [-0.4, -0.2) is 17.2 Å². The summed E-state index contributed by atoms with van der Waals surface area (Å²) < 4.78 is 0. The molecule has 1 aliphatic rings. The Bertz CT molecular complexity index is 525. The summed E-state index contributed by atoms with van der Waals surface area (Å²) in [6, 6.07) is 9.02. The van der Waals surface area contributed by atoms with Crippen LogP contribution in [0, 0.1) is 6.92 Å². The smallest absolute Gasteiger partial charge is 0.0971 e. The summed E-state index contributed by atoms with van der Waals surface area (Å²) >= 11 is 0. The van der Waals surface area contributed by atoms with Gasteiger partial charge in [-0.2, -0.15) is 5.10 Å². The lowest BCUT2D eigenvalue weighted by Gasteiger charge is -2.10. The Labute approximate surface area is 101 Å². The first kappa shape index (κ1) is 10.5. The monoisotopic (exact) mass is 227 g/mol. The fraction of sp³-hybridized carbons (Fsp3) is 0.357. The van der Waals surface area contributed by atoms with Gasteiger partial charge in [-0.1, -0.05) is 29.8 Å².